The number of ketones is 1. The highest BCUT2D eigenvalue weighted by atomic mass is 19.3. The summed E-state index contributed by atoms with van der Waals surface area (Å²) in [4.78, 5) is 89.1. The molecular formula is C33H44F3N7O6. The lowest BCUT2D eigenvalue weighted by Gasteiger charge is -2.34. The minimum atomic E-state index is -1.98. The zero-order valence-corrected chi connectivity index (χ0v) is 28.0. The summed E-state index contributed by atoms with van der Waals surface area (Å²) in [6, 6.07) is -5.14. The molecule has 2 saturated carbocycles. The van der Waals surface area contributed by atoms with Gasteiger partial charge in [0.05, 0.1) is 12.2 Å². The molecule has 1 aliphatic heterocycles. The Labute approximate surface area is 282 Å². The molecule has 268 valence electrons. The number of nitrogens with one attached hydrogen (secondary N) is 4. The fourth-order valence-electron chi connectivity index (χ4n) is 6.45. The molecule has 5 amide bonds. The Morgan fingerprint density at radius 1 is 0.918 bits per heavy atom. The van der Waals surface area contributed by atoms with Gasteiger partial charge < -0.3 is 26.2 Å². The van der Waals surface area contributed by atoms with E-state index in [9.17, 15) is 37.5 Å². The number of nitrogens with zero attached hydrogens (tertiary/aromatic N) is 3. The van der Waals surface area contributed by atoms with E-state index in [-0.39, 0.29) is 44.0 Å². The quantitative estimate of drug-likeness (QED) is 0.201. The van der Waals surface area contributed by atoms with E-state index in [1.165, 1.54) is 23.5 Å². The van der Waals surface area contributed by atoms with Crippen molar-refractivity contribution in [2.24, 2.45) is 23.7 Å². The average Bonchev–Trinajstić information content (AvgIpc) is 3.68. The molecule has 7 atom stereocenters. The van der Waals surface area contributed by atoms with Gasteiger partial charge in [-0.15, -0.1) is 0 Å². The molecule has 3 fully saturated rings. The first-order chi connectivity index (χ1) is 23.2. The van der Waals surface area contributed by atoms with Gasteiger partial charge in [-0.25, -0.2) is 9.37 Å². The SMILES string of the molecule is CC(C)C(NC(=O)c1cnccn1)C(=O)NC(C(=O)N1C[C@@H]2C(F)CC[C@@H]2[C@@H]1C(=O)NC(CCC=C(F)F)C(=O)C(=O)NC1CC1)C(C)C. The lowest BCUT2D eigenvalue weighted by molar-refractivity contribution is -0.145. The molecule has 0 aromatic carbocycles. The molecule has 49 heavy (non-hydrogen) atoms. The van der Waals surface area contributed by atoms with Crippen LogP contribution in [0.5, 0.6) is 0 Å². The largest absolute Gasteiger partial charge is 0.347 e. The molecule has 1 aromatic heterocycles. The monoisotopic (exact) mass is 691 g/mol. The highest BCUT2D eigenvalue weighted by Gasteiger charge is 2.55. The van der Waals surface area contributed by atoms with Crippen LogP contribution in [-0.2, 0) is 24.0 Å². The van der Waals surface area contributed by atoms with Crippen molar-refractivity contribution in [2.45, 2.75) is 103 Å². The minimum Gasteiger partial charge on any atom is -0.347 e. The van der Waals surface area contributed by atoms with Gasteiger partial charge in [-0.2, -0.15) is 8.78 Å². The van der Waals surface area contributed by atoms with Gasteiger partial charge in [-0.3, -0.25) is 33.8 Å². The Hall–Kier alpha value is -4.37. The van der Waals surface area contributed by atoms with Gasteiger partial charge >= 0.3 is 0 Å². The van der Waals surface area contributed by atoms with Crippen LogP contribution < -0.4 is 21.3 Å². The molecule has 1 aromatic rings. The number of aromatic nitrogens is 2. The Balaban J connectivity index is 1.54. The summed E-state index contributed by atoms with van der Waals surface area (Å²) in [5.41, 5.74) is -0.0108. The number of halogens is 3. The Morgan fingerprint density at radius 3 is 2.20 bits per heavy atom. The summed E-state index contributed by atoms with van der Waals surface area (Å²) in [7, 11) is 0. The van der Waals surface area contributed by atoms with Gasteiger partial charge in [0.25, 0.3) is 17.9 Å². The number of hydrogen-bond donors (Lipinski definition) is 4. The molecule has 4 unspecified atom stereocenters. The molecule has 0 radical (unpaired) electrons. The molecular weight excluding hydrogens is 647 g/mol. The summed E-state index contributed by atoms with van der Waals surface area (Å²) in [5, 5.41) is 10.4. The van der Waals surface area contributed by atoms with Crippen molar-refractivity contribution in [3.8, 4) is 0 Å². The van der Waals surface area contributed by atoms with Crippen molar-refractivity contribution >= 4 is 35.3 Å². The number of carbonyl (C=O) groups excluding carboxylic acids is 6. The van der Waals surface area contributed by atoms with E-state index >= 15 is 4.39 Å². The standard InChI is InChI=1S/C33H44F3N7O6/c1-16(2)25(41-29(45)23-14-37-12-13-38-23)30(46)42-26(17(3)4)33(49)43-15-20-19(10-11-21(20)34)27(43)31(47)40-22(6-5-7-24(35)36)28(44)32(48)39-18-8-9-18/h7,12-14,16-22,25-27H,5-6,8-11,15H2,1-4H3,(H,39,48)(H,40,47)(H,41,45)(H,42,46)/t19-,20-,21?,22?,25?,26?,27+/m0/s1. The fourth-order valence-corrected chi connectivity index (χ4v) is 6.45. The predicted octanol–water partition coefficient (Wildman–Crippen LogP) is 1.84. The van der Waals surface area contributed by atoms with Crippen LogP contribution >= 0.6 is 0 Å². The first-order valence-electron chi connectivity index (χ1n) is 16.7. The van der Waals surface area contributed by atoms with Gasteiger partial charge in [0, 0.05) is 30.9 Å². The average molecular weight is 692 g/mol. The molecule has 13 nitrogen and oxygen atoms in total. The van der Waals surface area contributed by atoms with Crippen molar-refractivity contribution in [2.75, 3.05) is 6.54 Å². The fraction of sp³-hybridized carbons (Fsp3) is 0.636. The lowest BCUT2D eigenvalue weighted by Crippen LogP contribution is -2.60. The van der Waals surface area contributed by atoms with E-state index in [2.05, 4.69) is 31.2 Å². The van der Waals surface area contributed by atoms with Crippen LogP contribution in [0, 0.1) is 23.7 Å². The zero-order valence-electron chi connectivity index (χ0n) is 28.0. The van der Waals surface area contributed by atoms with E-state index in [1.54, 1.807) is 27.7 Å². The number of carbonyl (C=O) groups is 6. The molecule has 0 spiro atoms. The minimum absolute atomic E-state index is 0.0108. The number of fused-ring (bicyclic) bond motifs is 1. The number of Topliss-reactive ketones (excluding diaryl/α,β-unsaturated/α-hetero) is 1. The maximum absolute atomic E-state index is 15.1. The summed E-state index contributed by atoms with van der Waals surface area (Å²) >= 11 is 0. The third-order valence-electron chi connectivity index (χ3n) is 9.28. The highest BCUT2D eigenvalue weighted by Crippen LogP contribution is 2.44. The van der Waals surface area contributed by atoms with Gasteiger partial charge in [-0.05, 0) is 62.4 Å². The predicted molar refractivity (Wildman–Crippen MR) is 169 cm³/mol. The summed E-state index contributed by atoms with van der Waals surface area (Å²) in [6.07, 6.45) is 2.46. The second-order valence-electron chi connectivity index (χ2n) is 13.6. The van der Waals surface area contributed by atoms with Gasteiger partial charge in [0.15, 0.2) is 0 Å². The Kier molecular flexibility index (Phi) is 12.5. The number of alkyl halides is 1. The van der Waals surface area contributed by atoms with Crippen LogP contribution in [0.15, 0.2) is 30.7 Å². The Morgan fingerprint density at radius 2 is 1.61 bits per heavy atom. The number of rotatable bonds is 15. The Bertz CT molecular complexity index is 1440. The highest BCUT2D eigenvalue weighted by molar-refractivity contribution is 6.38. The van der Waals surface area contributed by atoms with Crippen LogP contribution in [0.1, 0.15) is 76.7 Å². The molecule has 1 saturated heterocycles. The van der Waals surface area contributed by atoms with Crippen molar-refractivity contribution < 1.29 is 41.9 Å². The molecule has 2 aliphatic carbocycles. The maximum Gasteiger partial charge on any atom is 0.289 e. The van der Waals surface area contributed by atoms with E-state index in [0.717, 1.165) is 0 Å². The van der Waals surface area contributed by atoms with E-state index in [1.807, 2.05) is 0 Å². The summed E-state index contributed by atoms with van der Waals surface area (Å²) in [6.45, 7) is 6.64. The smallest absolute Gasteiger partial charge is 0.289 e. The molecule has 3 aliphatic rings. The van der Waals surface area contributed by atoms with E-state index in [4.69, 9.17) is 0 Å². The van der Waals surface area contributed by atoms with E-state index < -0.39 is 95.4 Å². The normalized spacial score (nSPS) is 23.2. The van der Waals surface area contributed by atoms with Gasteiger partial charge in [-0.1, -0.05) is 27.7 Å². The van der Waals surface area contributed by atoms with Crippen molar-refractivity contribution in [1.29, 1.82) is 0 Å². The first-order valence-corrected chi connectivity index (χ1v) is 16.7. The molecule has 4 rings (SSSR count). The number of likely N-dealkylation sites (tertiary alicyclic amines) is 1. The number of amides is 5. The molecule has 16 heteroatoms. The van der Waals surface area contributed by atoms with Crippen molar-refractivity contribution in [3.63, 3.8) is 0 Å². The lowest BCUT2D eigenvalue weighted by atomic mass is 9.92. The zero-order chi connectivity index (χ0) is 36.0. The number of hydrogen-bond acceptors (Lipinski definition) is 8. The maximum atomic E-state index is 15.1. The molecule has 2 heterocycles. The first kappa shape index (κ1) is 37.4. The van der Waals surface area contributed by atoms with Crippen LogP contribution in [0.25, 0.3) is 0 Å². The third kappa shape index (κ3) is 9.41. The second kappa shape index (κ2) is 16.4. The van der Waals surface area contributed by atoms with Gasteiger partial charge in [0.2, 0.25) is 23.5 Å². The summed E-state index contributed by atoms with van der Waals surface area (Å²) < 4.78 is 40.7. The van der Waals surface area contributed by atoms with Crippen LogP contribution in [0.2, 0.25) is 0 Å². The van der Waals surface area contributed by atoms with E-state index in [0.29, 0.717) is 18.9 Å². The van der Waals surface area contributed by atoms with Crippen molar-refractivity contribution in [3.05, 3.63) is 36.4 Å². The summed E-state index contributed by atoms with van der Waals surface area (Å²) in [5.74, 6) is -6.97. The molecule has 4 N–H and O–H groups in total. The van der Waals surface area contributed by atoms with Crippen molar-refractivity contribution in [1.82, 2.24) is 36.1 Å². The third-order valence-corrected chi connectivity index (χ3v) is 9.28. The van der Waals surface area contributed by atoms with Crippen LogP contribution in [0.3, 0.4) is 0 Å². The van der Waals surface area contributed by atoms with Gasteiger partial charge in [0.1, 0.15) is 30.0 Å². The second-order valence-corrected chi connectivity index (χ2v) is 13.6. The van der Waals surface area contributed by atoms with Crippen LogP contribution in [0.4, 0.5) is 13.2 Å². The van der Waals surface area contributed by atoms with Crippen LogP contribution in [-0.4, -0.2) is 93.1 Å². The topological polar surface area (TPSA) is 180 Å². The molecule has 0 bridgehead atoms. The number of allylic oxidation sites excluding steroid dienone is 1.